The standard InChI is InChI=1S/C23H29F2N5O2/c1-26-23(28(2)17-18-8-10-20(11-9-18)32-22(24)25)27-16-21(31)30-14-12-29(13-15-30)19-6-4-3-5-7-19/h3-11,22H,12-17H2,1-2H3,(H,26,27). The highest BCUT2D eigenvalue weighted by atomic mass is 19.3. The third-order valence-electron chi connectivity index (χ3n) is 5.29. The molecule has 0 aliphatic carbocycles. The Labute approximate surface area is 187 Å². The Bertz CT molecular complexity index is 885. The van der Waals surface area contributed by atoms with Gasteiger partial charge >= 0.3 is 6.61 Å². The number of nitrogens with one attached hydrogen (secondary N) is 1. The average Bonchev–Trinajstić information content (AvgIpc) is 2.81. The first-order chi connectivity index (χ1) is 15.5. The Balaban J connectivity index is 1.45. The van der Waals surface area contributed by atoms with Gasteiger partial charge in [-0.05, 0) is 29.8 Å². The van der Waals surface area contributed by atoms with E-state index in [4.69, 9.17) is 0 Å². The first-order valence-corrected chi connectivity index (χ1v) is 10.5. The van der Waals surface area contributed by atoms with Gasteiger partial charge in [-0.15, -0.1) is 0 Å². The highest BCUT2D eigenvalue weighted by molar-refractivity contribution is 5.86. The number of anilines is 1. The van der Waals surface area contributed by atoms with E-state index in [1.54, 1.807) is 19.2 Å². The van der Waals surface area contributed by atoms with E-state index >= 15 is 0 Å². The highest BCUT2D eigenvalue weighted by Crippen LogP contribution is 2.16. The summed E-state index contributed by atoms with van der Waals surface area (Å²) in [6.07, 6.45) is 0. The molecule has 1 saturated heterocycles. The number of ether oxygens (including phenoxy) is 1. The summed E-state index contributed by atoms with van der Waals surface area (Å²) in [7, 11) is 3.50. The van der Waals surface area contributed by atoms with Gasteiger partial charge in [-0.1, -0.05) is 30.3 Å². The minimum Gasteiger partial charge on any atom is -0.435 e. The minimum absolute atomic E-state index is 0.0285. The van der Waals surface area contributed by atoms with Gasteiger partial charge in [-0.2, -0.15) is 8.78 Å². The summed E-state index contributed by atoms with van der Waals surface area (Å²) < 4.78 is 28.9. The maximum absolute atomic E-state index is 12.7. The molecular formula is C23H29F2N5O2. The molecule has 9 heteroatoms. The van der Waals surface area contributed by atoms with Gasteiger partial charge in [0.15, 0.2) is 5.96 Å². The SMILES string of the molecule is CN=C(NCC(=O)N1CCN(c2ccccc2)CC1)N(C)Cc1ccc(OC(F)F)cc1. The molecule has 1 heterocycles. The minimum atomic E-state index is -2.84. The molecule has 1 aliphatic rings. The molecule has 2 aromatic rings. The van der Waals surface area contributed by atoms with Crippen LogP contribution in [0, 0.1) is 0 Å². The zero-order valence-corrected chi connectivity index (χ0v) is 18.4. The number of hydrogen-bond acceptors (Lipinski definition) is 4. The molecule has 0 aromatic heterocycles. The van der Waals surface area contributed by atoms with Crippen molar-refractivity contribution in [3.05, 3.63) is 60.2 Å². The lowest BCUT2D eigenvalue weighted by Gasteiger charge is -2.36. The van der Waals surface area contributed by atoms with Crippen LogP contribution in [0.25, 0.3) is 0 Å². The summed E-state index contributed by atoms with van der Waals surface area (Å²) in [4.78, 5) is 22.9. The van der Waals surface area contributed by atoms with E-state index in [1.807, 2.05) is 35.0 Å². The summed E-state index contributed by atoms with van der Waals surface area (Å²) >= 11 is 0. The van der Waals surface area contributed by atoms with E-state index < -0.39 is 6.61 Å². The summed E-state index contributed by atoms with van der Waals surface area (Å²) in [5, 5.41) is 3.11. The molecule has 0 unspecified atom stereocenters. The molecule has 0 bridgehead atoms. The summed E-state index contributed by atoms with van der Waals surface area (Å²) in [5.74, 6) is 0.724. The number of hydrogen-bond donors (Lipinski definition) is 1. The van der Waals surface area contributed by atoms with Gasteiger partial charge in [-0.3, -0.25) is 9.79 Å². The molecule has 0 saturated carbocycles. The van der Waals surface area contributed by atoms with Crippen molar-refractivity contribution < 1.29 is 18.3 Å². The Morgan fingerprint density at radius 3 is 2.34 bits per heavy atom. The maximum atomic E-state index is 12.7. The number of rotatable bonds is 7. The van der Waals surface area contributed by atoms with E-state index in [2.05, 4.69) is 32.1 Å². The van der Waals surface area contributed by atoms with Crippen LogP contribution in [0.5, 0.6) is 5.75 Å². The predicted molar refractivity (Wildman–Crippen MR) is 121 cm³/mol. The first kappa shape index (κ1) is 23.3. The number of amides is 1. The van der Waals surface area contributed by atoms with Gasteiger partial charge in [0.2, 0.25) is 5.91 Å². The van der Waals surface area contributed by atoms with Gasteiger partial charge in [0.05, 0.1) is 6.54 Å². The second kappa shape index (κ2) is 11.3. The molecule has 172 valence electrons. The summed E-state index contributed by atoms with van der Waals surface area (Å²) in [6.45, 7) is 0.770. The third kappa shape index (κ3) is 6.57. The average molecular weight is 446 g/mol. The molecule has 32 heavy (non-hydrogen) atoms. The third-order valence-corrected chi connectivity index (χ3v) is 5.29. The molecule has 7 nitrogen and oxygen atoms in total. The number of alkyl halides is 2. The molecule has 0 radical (unpaired) electrons. The van der Waals surface area contributed by atoms with Crippen molar-refractivity contribution in [1.82, 2.24) is 15.1 Å². The molecule has 1 fully saturated rings. The number of benzene rings is 2. The topological polar surface area (TPSA) is 60.4 Å². The normalized spacial score (nSPS) is 14.5. The largest absolute Gasteiger partial charge is 0.435 e. The predicted octanol–water partition coefficient (Wildman–Crippen LogP) is 2.64. The number of carbonyl (C=O) groups excluding carboxylic acids is 1. The Morgan fingerprint density at radius 2 is 1.75 bits per heavy atom. The van der Waals surface area contributed by atoms with Crippen LogP contribution in [0.15, 0.2) is 59.6 Å². The number of aliphatic imine (C=N–C) groups is 1. The van der Waals surface area contributed by atoms with E-state index in [1.165, 1.54) is 17.8 Å². The Morgan fingerprint density at radius 1 is 1.09 bits per heavy atom. The maximum Gasteiger partial charge on any atom is 0.387 e. The zero-order chi connectivity index (χ0) is 22.9. The quantitative estimate of drug-likeness (QED) is 0.525. The van der Waals surface area contributed by atoms with Gasteiger partial charge in [-0.25, -0.2) is 0 Å². The molecule has 1 amide bonds. The fraction of sp³-hybridized carbons (Fsp3) is 0.391. The zero-order valence-electron chi connectivity index (χ0n) is 18.4. The van der Waals surface area contributed by atoms with Gasteiger partial charge in [0, 0.05) is 52.5 Å². The van der Waals surface area contributed by atoms with Crippen LogP contribution in [0.3, 0.4) is 0 Å². The van der Waals surface area contributed by atoms with Crippen LogP contribution in [-0.2, 0) is 11.3 Å². The molecule has 0 atom stereocenters. The second-order valence-electron chi connectivity index (χ2n) is 7.48. The van der Waals surface area contributed by atoms with Crippen molar-refractivity contribution in [1.29, 1.82) is 0 Å². The van der Waals surface area contributed by atoms with Crippen LogP contribution in [-0.4, -0.2) is 75.1 Å². The molecule has 2 aromatic carbocycles. The van der Waals surface area contributed by atoms with Crippen LogP contribution < -0.4 is 15.0 Å². The van der Waals surface area contributed by atoms with Gasteiger partial charge in [0.25, 0.3) is 0 Å². The van der Waals surface area contributed by atoms with E-state index in [0.717, 1.165) is 18.7 Å². The van der Waals surface area contributed by atoms with Crippen molar-refractivity contribution in [3.8, 4) is 5.75 Å². The van der Waals surface area contributed by atoms with Crippen molar-refractivity contribution >= 4 is 17.6 Å². The van der Waals surface area contributed by atoms with Crippen LogP contribution in [0.4, 0.5) is 14.5 Å². The molecule has 3 rings (SSSR count). The van der Waals surface area contributed by atoms with Crippen molar-refractivity contribution in [2.24, 2.45) is 4.99 Å². The Kier molecular flexibility index (Phi) is 8.24. The highest BCUT2D eigenvalue weighted by Gasteiger charge is 2.21. The fourth-order valence-electron chi connectivity index (χ4n) is 3.63. The summed E-state index contributed by atoms with van der Waals surface area (Å²) in [6, 6.07) is 16.6. The number of carbonyl (C=O) groups is 1. The molecular weight excluding hydrogens is 416 g/mol. The van der Waals surface area contributed by atoms with Gasteiger partial charge < -0.3 is 24.8 Å². The van der Waals surface area contributed by atoms with Crippen molar-refractivity contribution in [2.75, 3.05) is 51.7 Å². The van der Waals surface area contributed by atoms with Crippen LogP contribution in [0.1, 0.15) is 5.56 Å². The van der Waals surface area contributed by atoms with Crippen molar-refractivity contribution in [3.63, 3.8) is 0 Å². The van der Waals surface area contributed by atoms with E-state index in [9.17, 15) is 13.6 Å². The van der Waals surface area contributed by atoms with Crippen molar-refractivity contribution in [2.45, 2.75) is 13.2 Å². The number of guanidine groups is 1. The number of piperazine rings is 1. The Hall–Kier alpha value is -3.36. The fourth-order valence-corrected chi connectivity index (χ4v) is 3.63. The summed E-state index contributed by atoms with van der Waals surface area (Å²) in [5.41, 5.74) is 2.08. The number of para-hydroxylation sites is 1. The van der Waals surface area contributed by atoms with Crippen LogP contribution >= 0.6 is 0 Å². The molecule has 0 spiro atoms. The molecule has 1 N–H and O–H groups in total. The second-order valence-corrected chi connectivity index (χ2v) is 7.48. The van der Waals surface area contributed by atoms with E-state index in [-0.39, 0.29) is 18.2 Å². The lowest BCUT2D eigenvalue weighted by atomic mass is 10.2. The smallest absolute Gasteiger partial charge is 0.387 e. The van der Waals surface area contributed by atoms with Gasteiger partial charge in [0.1, 0.15) is 5.75 Å². The van der Waals surface area contributed by atoms with Crippen LogP contribution in [0.2, 0.25) is 0 Å². The van der Waals surface area contributed by atoms with E-state index in [0.29, 0.717) is 25.6 Å². The monoisotopic (exact) mass is 445 g/mol. The lowest BCUT2D eigenvalue weighted by molar-refractivity contribution is -0.130. The molecule has 1 aliphatic heterocycles. The number of nitrogens with zero attached hydrogens (tertiary/aromatic N) is 4. The first-order valence-electron chi connectivity index (χ1n) is 10.5. The number of halogens is 2. The lowest BCUT2D eigenvalue weighted by Crippen LogP contribution is -2.52.